The zero-order valence-corrected chi connectivity index (χ0v) is 9.00. The van der Waals surface area contributed by atoms with Crippen molar-refractivity contribution in [2.45, 2.75) is 20.0 Å². The normalized spacial score (nSPS) is 10.7. The second-order valence-electron chi connectivity index (χ2n) is 3.46. The Morgan fingerprint density at radius 1 is 1.33 bits per heavy atom. The van der Waals surface area contributed by atoms with Gasteiger partial charge >= 0.3 is 0 Å². The fraction of sp³-hybridized carbons (Fsp3) is 0.455. The van der Waals surface area contributed by atoms with Gasteiger partial charge in [-0.1, -0.05) is 0 Å². The van der Waals surface area contributed by atoms with Crippen molar-refractivity contribution in [1.29, 1.82) is 0 Å². The third-order valence-corrected chi connectivity index (χ3v) is 1.75. The van der Waals surface area contributed by atoms with Gasteiger partial charge in [-0.15, -0.1) is 0 Å². The molecule has 2 N–H and O–H groups in total. The molecule has 0 aromatic heterocycles. The molecule has 84 valence electrons. The SMILES string of the molecule is CC(C)OCCOc1ccc(N)cc1F. The zero-order chi connectivity index (χ0) is 11.3. The van der Waals surface area contributed by atoms with Crippen molar-refractivity contribution >= 4 is 5.69 Å². The molecule has 3 nitrogen and oxygen atoms in total. The lowest BCUT2D eigenvalue weighted by atomic mass is 10.3. The topological polar surface area (TPSA) is 44.5 Å². The van der Waals surface area contributed by atoms with Crippen LogP contribution in [0, 0.1) is 5.82 Å². The van der Waals surface area contributed by atoms with Gasteiger partial charge < -0.3 is 15.2 Å². The molecule has 15 heavy (non-hydrogen) atoms. The van der Waals surface area contributed by atoms with Crippen molar-refractivity contribution in [3.8, 4) is 5.75 Å². The van der Waals surface area contributed by atoms with Gasteiger partial charge in [-0.3, -0.25) is 0 Å². The van der Waals surface area contributed by atoms with Crippen molar-refractivity contribution in [2.24, 2.45) is 0 Å². The number of nitrogens with two attached hydrogens (primary N) is 1. The fourth-order valence-corrected chi connectivity index (χ4v) is 1.07. The average molecular weight is 213 g/mol. The molecule has 4 heteroatoms. The van der Waals surface area contributed by atoms with E-state index in [4.69, 9.17) is 15.2 Å². The molecule has 0 saturated carbocycles. The fourth-order valence-electron chi connectivity index (χ4n) is 1.07. The zero-order valence-electron chi connectivity index (χ0n) is 9.00. The molecule has 0 aliphatic carbocycles. The standard InChI is InChI=1S/C11H16FNO2/c1-8(2)14-5-6-15-11-4-3-9(13)7-10(11)12/h3-4,7-8H,5-6,13H2,1-2H3. The minimum Gasteiger partial charge on any atom is -0.488 e. The van der Waals surface area contributed by atoms with E-state index < -0.39 is 5.82 Å². The van der Waals surface area contributed by atoms with Crippen LogP contribution in [0.5, 0.6) is 5.75 Å². The molecule has 0 aliphatic heterocycles. The Labute approximate surface area is 89.0 Å². The quantitative estimate of drug-likeness (QED) is 0.602. The molecule has 1 aromatic carbocycles. The van der Waals surface area contributed by atoms with Crippen LogP contribution in [-0.4, -0.2) is 19.3 Å². The first kappa shape index (κ1) is 11.8. The highest BCUT2D eigenvalue weighted by Crippen LogP contribution is 2.19. The van der Waals surface area contributed by atoms with Gasteiger partial charge in [0.25, 0.3) is 0 Å². The summed E-state index contributed by atoms with van der Waals surface area (Å²) in [5.74, 6) is -0.240. The minimum atomic E-state index is -0.445. The molecule has 0 saturated heterocycles. The molecule has 0 aliphatic rings. The summed E-state index contributed by atoms with van der Waals surface area (Å²) in [4.78, 5) is 0. The van der Waals surface area contributed by atoms with Crippen LogP contribution < -0.4 is 10.5 Å². The van der Waals surface area contributed by atoms with Crippen molar-refractivity contribution in [1.82, 2.24) is 0 Å². The summed E-state index contributed by atoms with van der Waals surface area (Å²) >= 11 is 0. The summed E-state index contributed by atoms with van der Waals surface area (Å²) in [6, 6.07) is 4.35. The summed E-state index contributed by atoms with van der Waals surface area (Å²) < 4.78 is 23.6. The van der Waals surface area contributed by atoms with Crippen LogP contribution in [-0.2, 0) is 4.74 Å². The van der Waals surface area contributed by atoms with Gasteiger partial charge in [-0.05, 0) is 26.0 Å². The van der Waals surface area contributed by atoms with Gasteiger partial charge in [0.15, 0.2) is 11.6 Å². The Hall–Kier alpha value is -1.29. The van der Waals surface area contributed by atoms with Gasteiger partial charge in [0, 0.05) is 11.8 Å². The first-order valence-corrected chi connectivity index (χ1v) is 4.89. The number of hydrogen-bond acceptors (Lipinski definition) is 3. The number of hydrogen-bond donors (Lipinski definition) is 1. The smallest absolute Gasteiger partial charge is 0.167 e. The van der Waals surface area contributed by atoms with Gasteiger partial charge in [0.05, 0.1) is 12.7 Å². The summed E-state index contributed by atoms with van der Waals surface area (Å²) in [5.41, 5.74) is 5.79. The Kier molecular flexibility index (Phi) is 4.37. The second kappa shape index (κ2) is 5.56. The van der Waals surface area contributed by atoms with E-state index >= 15 is 0 Å². The summed E-state index contributed by atoms with van der Waals surface area (Å²) in [5, 5.41) is 0. The second-order valence-corrected chi connectivity index (χ2v) is 3.46. The van der Waals surface area contributed by atoms with Crippen LogP contribution >= 0.6 is 0 Å². The van der Waals surface area contributed by atoms with E-state index in [0.29, 0.717) is 18.9 Å². The number of ether oxygens (including phenoxy) is 2. The van der Waals surface area contributed by atoms with Crippen molar-refractivity contribution in [3.05, 3.63) is 24.0 Å². The van der Waals surface area contributed by atoms with E-state index in [1.165, 1.54) is 12.1 Å². The van der Waals surface area contributed by atoms with Gasteiger partial charge in [-0.25, -0.2) is 4.39 Å². The molecular formula is C11H16FNO2. The van der Waals surface area contributed by atoms with Gasteiger partial charge in [0.2, 0.25) is 0 Å². The first-order chi connectivity index (χ1) is 7.09. The Morgan fingerprint density at radius 3 is 2.67 bits per heavy atom. The highest BCUT2D eigenvalue weighted by Gasteiger charge is 2.03. The molecule has 0 bridgehead atoms. The lowest BCUT2D eigenvalue weighted by Gasteiger charge is -2.09. The molecule has 0 atom stereocenters. The van der Waals surface area contributed by atoms with E-state index in [1.807, 2.05) is 13.8 Å². The summed E-state index contributed by atoms with van der Waals surface area (Å²) in [6.07, 6.45) is 0.157. The maximum absolute atomic E-state index is 13.2. The lowest BCUT2D eigenvalue weighted by Crippen LogP contribution is -2.11. The van der Waals surface area contributed by atoms with Crippen molar-refractivity contribution in [3.63, 3.8) is 0 Å². The largest absolute Gasteiger partial charge is 0.488 e. The number of benzene rings is 1. The van der Waals surface area contributed by atoms with Gasteiger partial charge in [0.1, 0.15) is 6.61 Å². The Bertz CT molecular complexity index is 315. The molecule has 1 rings (SSSR count). The minimum absolute atomic E-state index is 0.157. The van der Waals surface area contributed by atoms with Crippen LogP contribution in [0.1, 0.15) is 13.8 Å². The predicted molar refractivity (Wildman–Crippen MR) is 57.4 cm³/mol. The Morgan fingerprint density at radius 2 is 2.07 bits per heavy atom. The maximum atomic E-state index is 13.2. The van der Waals surface area contributed by atoms with Crippen LogP contribution in [0.25, 0.3) is 0 Å². The molecule has 0 unspecified atom stereocenters. The highest BCUT2D eigenvalue weighted by atomic mass is 19.1. The lowest BCUT2D eigenvalue weighted by molar-refractivity contribution is 0.0544. The van der Waals surface area contributed by atoms with E-state index in [9.17, 15) is 4.39 Å². The van der Waals surface area contributed by atoms with E-state index in [0.717, 1.165) is 0 Å². The van der Waals surface area contributed by atoms with Crippen LogP contribution in [0.2, 0.25) is 0 Å². The van der Waals surface area contributed by atoms with E-state index in [-0.39, 0.29) is 11.9 Å². The number of nitrogen functional groups attached to an aromatic ring is 1. The van der Waals surface area contributed by atoms with Crippen LogP contribution in [0.15, 0.2) is 18.2 Å². The third kappa shape index (κ3) is 4.16. The monoisotopic (exact) mass is 213 g/mol. The highest BCUT2D eigenvalue weighted by molar-refractivity contribution is 5.42. The third-order valence-electron chi connectivity index (χ3n) is 1.75. The number of anilines is 1. The number of halogens is 1. The molecule has 0 fully saturated rings. The summed E-state index contributed by atoms with van der Waals surface area (Å²) in [6.45, 7) is 4.65. The average Bonchev–Trinajstić information content (AvgIpc) is 2.14. The van der Waals surface area contributed by atoms with E-state index in [2.05, 4.69) is 0 Å². The molecule has 0 spiro atoms. The molecule has 1 aromatic rings. The number of rotatable bonds is 5. The molecule has 0 radical (unpaired) electrons. The van der Waals surface area contributed by atoms with Crippen molar-refractivity contribution in [2.75, 3.05) is 18.9 Å². The molecule has 0 heterocycles. The maximum Gasteiger partial charge on any atom is 0.167 e. The van der Waals surface area contributed by atoms with Gasteiger partial charge in [-0.2, -0.15) is 0 Å². The van der Waals surface area contributed by atoms with Crippen molar-refractivity contribution < 1.29 is 13.9 Å². The molecular weight excluding hydrogens is 197 g/mol. The van der Waals surface area contributed by atoms with E-state index in [1.54, 1.807) is 6.07 Å². The first-order valence-electron chi connectivity index (χ1n) is 4.89. The summed E-state index contributed by atoms with van der Waals surface area (Å²) in [7, 11) is 0. The van der Waals surface area contributed by atoms with Crippen LogP contribution in [0.3, 0.4) is 0 Å². The predicted octanol–water partition coefficient (Wildman–Crippen LogP) is 2.21. The van der Waals surface area contributed by atoms with Crippen LogP contribution in [0.4, 0.5) is 10.1 Å². The Balaban J connectivity index is 2.37. The molecule has 0 amide bonds.